The summed E-state index contributed by atoms with van der Waals surface area (Å²) in [5, 5.41) is 1.16. The molecular formula is C14H17N3. The first-order valence-corrected chi connectivity index (χ1v) is 6.31. The Morgan fingerprint density at radius 2 is 2.35 bits per heavy atom. The van der Waals surface area contributed by atoms with Gasteiger partial charge in [-0.2, -0.15) is 0 Å². The van der Waals surface area contributed by atoms with Crippen LogP contribution < -0.4 is 0 Å². The molecule has 3 heterocycles. The van der Waals surface area contributed by atoms with E-state index < -0.39 is 0 Å². The van der Waals surface area contributed by atoms with Crippen LogP contribution in [0.5, 0.6) is 0 Å². The Balaban J connectivity index is 1.99. The molecule has 2 aromatic heterocycles. The van der Waals surface area contributed by atoms with E-state index in [9.17, 15) is 0 Å². The van der Waals surface area contributed by atoms with E-state index in [1.54, 1.807) is 0 Å². The van der Waals surface area contributed by atoms with Crippen molar-refractivity contribution in [2.75, 3.05) is 13.1 Å². The number of fused-ring (bicyclic) bond motifs is 2. The Labute approximate surface area is 101 Å². The third kappa shape index (κ3) is 2.03. The second-order valence-electron chi connectivity index (χ2n) is 4.69. The van der Waals surface area contributed by atoms with Gasteiger partial charge in [0.25, 0.3) is 0 Å². The number of rotatable bonds is 2. The molecule has 2 aromatic rings. The molecule has 0 spiro atoms. The average molecular weight is 227 g/mol. The molecule has 88 valence electrons. The zero-order chi connectivity index (χ0) is 11.7. The Kier molecular flexibility index (Phi) is 2.77. The van der Waals surface area contributed by atoms with Crippen LogP contribution in [0.1, 0.15) is 24.6 Å². The second kappa shape index (κ2) is 4.41. The lowest BCUT2D eigenvalue weighted by molar-refractivity contribution is 0.253. The first-order valence-electron chi connectivity index (χ1n) is 6.31. The normalized spacial score (nSPS) is 16.1. The van der Waals surface area contributed by atoms with Crippen molar-refractivity contribution in [1.82, 2.24) is 14.9 Å². The van der Waals surface area contributed by atoms with Crippen molar-refractivity contribution < 1.29 is 0 Å². The van der Waals surface area contributed by atoms with E-state index in [0.29, 0.717) is 0 Å². The number of nitrogens with zero attached hydrogens (tertiary/aromatic N) is 3. The molecule has 0 atom stereocenters. The zero-order valence-electron chi connectivity index (χ0n) is 10.2. The third-order valence-electron chi connectivity index (χ3n) is 3.38. The highest BCUT2D eigenvalue weighted by Gasteiger charge is 2.17. The van der Waals surface area contributed by atoms with E-state index in [-0.39, 0.29) is 0 Å². The molecule has 0 aliphatic carbocycles. The topological polar surface area (TPSA) is 29.0 Å². The molecule has 3 nitrogen and oxygen atoms in total. The fourth-order valence-electron chi connectivity index (χ4n) is 2.54. The molecule has 0 amide bonds. The maximum Gasteiger partial charge on any atom is 0.0736 e. The summed E-state index contributed by atoms with van der Waals surface area (Å²) in [6.07, 6.45) is 6.01. The Hall–Kier alpha value is -1.48. The second-order valence-corrected chi connectivity index (χ2v) is 4.69. The number of hydrogen-bond donors (Lipinski definition) is 0. The van der Waals surface area contributed by atoms with Gasteiger partial charge in [-0.3, -0.25) is 14.9 Å². The Morgan fingerprint density at radius 1 is 1.41 bits per heavy atom. The molecule has 0 bridgehead atoms. The maximum atomic E-state index is 4.74. The zero-order valence-corrected chi connectivity index (χ0v) is 10.2. The standard InChI is InChI=1S/C14H17N3/c1-2-6-17-7-4-14-12(10-17)8-11-9-15-5-3-13(11)16-14/h3,5,8-9H,2,4,6-7,10H2,1H3. The van der Waals surface area contributed by atoms with Gasteiger partial charge < -0.3 is 0 Å². The highest BCUT2D eigenvalue weighted by atomic mass is 15.1. The van der Waals surface area contributed by atoms with Crippen LogP contribution in [0.15, 0.2) is 24.5 Å². The SMILES string of the molecule is CCCN1CCc2nc3ccncc3cc2C1. The molecule has 17 heavy (non-hydrogen) atoms. The summed E-state index contributed by atoms with van der Waals surface area (Å²) >= 11 is 0. The minimum Gasteiger partial charge on any atom is -0.299 e. The molecule has 0 saturated heterocycles. The van der Waals surface area contributed by atoms with Gasteiger partial charge in [0.1, 0.15) is 0 Å². The van der Waals surface area contributed by atoms with Crippen LogP contribution in [-0.2, 0) is 13.0 Å². The summed E-state index contributed by atoms with van der Waals surface area (Å²) in [4.78, 5) is 11.4. The van der Waals surface area contributed by atoms with Gasteiger partial charge in [0.2, 0.25) is 0 Å². The van der Waals surface area contributed by atoms with Gasteiger partial charge in [-0.15, -0.1) is 0 Å². The molecule has 1 aliphatic heterocycles. The molecule has 0 fully saturated rings. The quantitative estimate of drug-likeness (QED) is 0.789. The molecule has 0 radical (unpaired) electrons. The molecule has 0 saturated carbocycles. The van der Waals surface area contributed by atoms with Crippen molar-refractivity contribution in [2.24, 2.45) is 0 Å². The Morgan fingerprint density at radius 3 is 3.24 bits per heavy atom. The van der Waals surface area contributed by atoms with E-state index in [1.807, 2.05) is 18.5 Å². The highest BCUT2D eigenvalue weighted by Crippen LogP contribution is 2.21. The van der Waals surface area contributed by atoms with Crippen LogP contribution in [0.25, 0.3) is 10.9 Å². The van der Waals surface area contributed by atoms with Crippen molar-refractivity contribution in [3.05, 3.63) is 35.8 Å². The fourth-order valence-corrected chi connectivity index (χ4v) is 2.54. The molecule has 0 aromatic carbocycles. The first kappa shape index (κ1) is 10.7. The molecule has 1 aliphatic rings. The minimum absolute atomic E-state index is 1.04. The van der Waals surface area contributed by atoms with Crippen molar-refractivity contribution in [3.8, 4) is 0 Å². The molecule has 0 N–H and O–H groups in total. The van der Waals surface area contributed by atoms with Crippen LogP contribution in [0.3, 0.4) is 0 Å². The van der Waals surface area contributed by atoms with Crippen molar-refractivity contribution >= 4 is 10.9 Å². The van der Waals surface area contributed by atoms with E-state index in [2.05, 4.69) is 22.9 Å². The van der Waals surface area contributed by atoms with Crippen LogP contribution in [0.2, 0.25) is 0 Å². The molecule has 3 heteroatoms. The predicted molar refractivity (Wildman–Crippen MR) is 68.8 cm³/mol. The maximum absolute atomic E-state index is 4.74. The third-order valence-corrected chi connectivity index (χ3v) is 3.38. The fraction of sp³-hybridized carbons (Fsp3) is 0.429. The van der Waals surface area contributed by atoms with Crippen LogP contribution in [0, 0.1) is 0 Å². The average Bonchev–Trinajstić information content (AvgIpc) is 2.36. The lowest BCUT2D eigenvalue weighted by atomic mass is 10.0. The lowest BCUT2D eigenvalue weighted by Crippen LogP contribution is -2.31. The summed E-state index contributed by atoms with van der Waals surface area (Å²) in [5.74, 6) is 0. The largest absolute Gasteiger partial charge is 0.299 e. The lowest BCUT2D eigenvalue weighted by Gasteiger charge is -2.27. The van der Waals surface area contributed by atoms with Crippen LogP contribution in [-0.4, -0.2) is 28.0 Å². The van der Waals surface area contributed by atoms with Crippen molar-refractivity contribution in [2.45, 2.75) is 26.3 Å². The summed E-state index contributed by atoms with van der Waals surface area (Å²) in [5.41, 5.74) is 3.73. The predicted octanol–water partition coefficient (Wildman–Crippen LogP) is 2.40. The summed E-state index contributed by atoms with van der Waals surface area (Å²) in [6, 6.07) is 4.25. The summed E-state index contributed by atoms with van der Waals surface area (Å²) in [6.45, 7) is 5.61. The molecule has 0 unspecified atom stereocenters. The molecule has 3 rings (SSSR count). The van der Waals surface area contributed by atoms with Crippen molar-refractivity contribution in [3.63, 3.8) is 0 Å². The van der Waals surface area contributed by atoms with Crippen LogP contribution in [0.4, 0.5) is 0 Å². The van der Waals surface area contributed by atoms with Gasteiger partial charge in [0.15, 0.2) is 0 Å². The summed E-state index contributed by atoms with van der Waals surface area (Å²) < 4.78 is 0. The smallest absolute Gasteiger partial charge is 0.0736 e. The van der Waals surface area contributed by atoms with E-state index in [0.717, 1.165) is 30.4 Å². The van der Waals surface area contributed by atoms with Gasteiger partial charge >= 0.3 is 0 Å². The highest BCUT2D eigenvalue weighted by molar-refractivity contribution is 5.78. The van der Waals surface area contributed by atoms with Gasteiger partial charge in [-0.1, -0.05) is 6.92 Å². The van der Waals surface area contributed by atoms with Gasteiger partial charge in [0, 0.05) is 43.0 Å². The Bertz CT molecular complexity index is 536. The van der Waals surface area contributed by atoms with Crippen molar-refractivity contribution in [1.29, 1.82) is 0 Å². The van der Waals surface area contributed by atoms with E-state index in [1.165, 1.54) is 24.2 Å². The number of hydrogen-bond acceptors (Lipinski definition) is 3. The van der Waals surface area contributed by atoms with E-state index >= 15 is 0 Å². The van der Waals surface area contributed by atoms with Gasteiger partial charge in [0.05, 0.1) is 5.52 Å². The van der Waals surface area contributed by atoms with E-state index in [4.69, 9.17) is 4.98 Å². The van der Waals surface area contributed by atoms with Gasteiger partial charge in [-0.25, -0.2) is 0 Å². The number of pyridine rings is 2. The molecular weight excluding hydrogens is 210 g/mol. The summed E-state index contributed by atoms with van der Waals surface area (Å²) in [7, 11) is 0. The van der Waals surface area contributed by atoms with Gasteiger partial charge in [-0.05, 0) is 30.7 Å². The minimum atomic E-state index is 1.04. The number of aromatic nitrogens is 2. The first-order chi connectivity index (χ1) is 8.36. The monoisotopic (exact) mass is 227 g/mol. The van der Waals surface area contributed by atoms with Crippen LogP contribution >= 0.6 is 0 Å².